The lowest BCUT2D eigenvalue weighted by Crippen LogP contribution is -2.54. The molecule has 0 radical (unpaired) electrons. The van der Waals surface area contributed by atoms with Crippen LogP contribution in [0.15, 0.2) is 29.3 Å². The third kappa shape index (κ3) is 5.76. The van der Waals surface area contributed by atoms with Gasteiger partial charge in [-0.2, -0.15) is 0 Å². The highest BCUT2D eigenvalue weighted by Gasteiger charge is 2.24. The van der Waals surface area contributed by atoms with E-state index in [0.717, 1.165) is 0 Å². The fraction of sp³-hybridized carbons (Fsp3) is 0.214. The molecule has 4 amide bonds. The topological polar surface area (TPSA) is 206 Å². The number of benzene rings is 1. The summed E-state index contributed by atoms with van der Waals surface area (Å²) in [6.07, 6.45) is -0.652. The Kier molecular flexibility index (Phi) is 7.04. The summed E-state index contributed by atoms with van der Waals surface area (Å²) in [5.74, 6) is -3.29. The molecule has 0 saturated carbocycles. The van der Waals surface area contributed by atoms with Gasteiger partial charge in [-0.3, -0.25) is 24.7 Å². The van der Waals surface area contributed by atoms with Crippen molar-refractivity contribution in [1.29, 1.82) is 0 Å². The van der Waals surface area contributed by atoms with Crippen LogP contribution in [0.1, 0.15) is 16.8 Å². The van der Waals surface area contributed by atoms with E-state index in [1.165, 1.54) is 19.2 Å². The molecule has 26 heavy (non-hydrogen) atoms. The number of nitrogens with one attached hydrogen (secondary N) is 2. The molecule has 1 aromatic carbocycles. The van der Waals surface area contributed by atoms with Gasteiger partial charge in [-0.25, -0.2) is 15.2 Å². The molecule has 0 heterocycles. The average molecular weight is 365 g/mol. The maximum atomic E-state index is 12.4. The highest BCUT2D eigenvalue weighted by Crippen LogP contribution is 2.19. The minimum atomic E-state index is -1.35. The number of hydrogen-bond acceptors (Lipinski definition) is 6. The molecule has 1 aromatic rings. The highest BCUT2D eigenvalue weighted by molar-refractivity contribution is 6.07. The van der Waals surface area contributed by atoms with Crippen LogP contribution in [0.5, 0.6) is 0 Å². The number of nitrogens with two attached hydrogens (primary N) is 3. The third-order valence-corrected chi connectivity index (χ3v) is 3.07. The monoisotopic (exact) mass is 365 g/mol. The van der Waals surface area contributed by atoms with E-state index in [1.807, 2.05) is 5.43 Å². The minimum Gasteiger partial charge on any atom is -0.481 e. The first-order valence-electron chi connectivity index (χ1n) is 7.16. The van der Waals surface area contributed by atoms with E-state index in [1.54, 1.807) is 12.1 Å². The molecular weight excluding hydrogens is 346 g/mol. The van der Waals surface area contributed by atoms with Gasteiger partial charge in [0.1, 0.15) is 6.04 Å². The maximum Gasteiger partial charge on any atom is 0.338 e. The van der Waals surface area contributed by atoms with E-state index in [-0.39, 0.29) is 17.2 Å². The summed E-state index contributed by atoms with van der Waals surface area (Å²) >= 11 is 0. The van der Waals surface area contributed by atoms with Crippen LogP contribution in [-0.4, -0.2) is 52.9 Å². The molecule has 0 aromatic heterocycles. The second-order valence-corrected chi connectivity index (χ2v) is 5.05. The fourth-order valence-electron chi connectivity index (χ4n) is 1.79. The molecular formula is C14H19N7O5. The maximum absolute atomic E-state index is 12.4. The van der Waals surface area contributed by atoms with Crippen molar-refractivity contribution in [2.45, 2.75) is 12.5 Å². The summed E-state index contributed by atoms with van der Waals surface area (Å²) < 4.78 is 0. The Balaban J connectivity index is 2.86. The lowest BCUT2D eigenvalue weighted by atomic mass is 10.1. The van der Waals surface area contributed by atoms with Gasteiger partial charge in [0.05, 0.1) is 17.7 Å². The Morgan fingerprint density at radius 1 is 1.19 bits per heavy atom. The Bertz CT molecular complexity index is 745. The highest BCUT2D eigenvalue weighted by atomic mass is 16.4. The first kappa shape index (κ1) is 20.4. The molecule has 0 aliphatic carbocycles. The Labute approximate surface area is 148 Å². The van der Waals surface area contributed by atoms with Crippen LogP contribution >= 0.6 is 0 Å². The van der Waals surface area contributed by atoms with E-state index in [9.17, 15) is 19.2 Å². The molecule has 9 N–H and O–H groups in total. The molecule has 12 nitrogen and oxygen atoms in total. The first-order chi connectivity index (χ1) is 12.1. The molecule has 0 aliphatic heterocycles. The molecule has 12 heteroatoms. The number of hydrogen-bond donors (Lipinski definition) is 6. The Morgan fingerprint density at radius 3 is 2.35 bits per heavy atom. The van der Waals surface area contributed by atoms with Crippen LogP contribution in [-0.2, 0) is 9.59 Å². The van der Waals surface area contributed by atoms with Gasteiger partial charge >= 0.3 is 12.0 Å². The Morgan fingerprint density at radius 2 is 1.81 bits per heavy atom. The van der Waals surface area contributed by atoms with Crippen molar-refractivity contribution in [3.63, 3.8) is 0 Å². The summed E-state index contributed by atoms with van der Waals surface area (Å²) in [5.41, 5.74) is 20.1. The largest absolute Gasteiger partial charge is 0.481 e. The number of guanidine groups is 1. The van der Waals surface area contributed by atoms with Crippen molar-refractivity contribution >= 4 is 35.5 Å². The number of nitrogens with zero attached hydrogens (tertiary/aromatic N) is 2. The van der Waals surface area contributed by atoms with Crippen molar-refractivity contribution in [2.24, 2.45) is 22.2 Å². The molecule has 1 atom stereocenters. The predicted molar refractivity (Wildman–Crippen MR) is 90.9 cm³/mol. The van der Waals surface area contributed by atoms with Gasteiger partial charge in [0.25, 0.3) is 5.91 Å². The van der Waals surface area contributed by atoms with Gasteiger partial charge in [0.2, 0.25) is 5.91 Å². The predicted octanol–water partition coefficient (Wildman–Crippen LogP) is -1.79. The van der Waals surface area contributed by atoms with Gasteiger partial charge in [-0.15, -0.1) is 0 Å². The average Bonchev–Trinajstić information content (AvgIpc) is 2.56. The number of para-hydroxylation sites is 1. The number of aliphatic carboxylic acids is 1. The zero-order valence-electron chi connectivity index (χ0n) is 13.8. The van der Waals surface area contributed by atoms with Crippen molar-refractivity contribution in [3.05, 3.63) is 29.8 Å². The lowest BCUT2D eigenvalue weighted by Gasteiger charge is -2.20. The summed E-state index contributed by atoms with van der Waals surface area (Å²) in [6.45, 7) is 0. The number of urea groups is 1. The number of primary amides is 1. The second kappa shape index (κ2) is 8.98. The summed E-state index contributed by atoms with van der Waals surface area (Å²) in [6, 6.07) is 3.74. The SMILES string of the molecule is CN(C(=O)NN[C@@H](CC(=O)O)C(N)=O)C(=O)c1ccccc1N=C(N)N. The number of hydrazine groups is 1. The zero-order valence-corrected chi connectivity index (χ0v) is 13.8. The number of aliphatic imine (C=N–C) groups is 1. The molecule has 0 unspecified atom stereocenters. The van der Waals surface area contributed by atoms with Gasteiger partial charge in [0.15, 0.2) is 5.96 Å². The van der Waals surface area contributed by atoms with Gasteiger partial charge in [-0.05, 0) is 12.1 Å². The minimum absolute atomic E-state index is 0.0514. The van der Waals surface area contributed by atoms with Gasteiger partial charge in [-0.1, -0.05) is 12.1 Å². The van der Waals surface area contributed by atoms with Crippen molar-refractivity contribution < 1.29 is 24.3 Å². The van der Waals surface area contributed by atoms with E-state index in [2.05, 4.69) is 10.4 Å². The summed E-state index contributed by atoms with van der Waals surface area (Å²) in [5, 5.41) is 8.69. The fourth-order valence-corrected chi connectivity index (χ4v) is 1.79. The van der Waals surface area contributed by atoms with Gasteiger partial charge < -0.3 is 22.3 Å². The summed E-state index contributed by atoms with van der Waals surface area (Å²) in [4.78, 5) is 50.8. The number of carbonyl (C=O) groups is 4. The van der Waals surface area contributed by atoms with Crippen LogP contribution in [0.4, 0.5) is 10.5 Å². The van der Waals surface area contributed by atoms with Crippen LogP contribution in [0, 0.1) is 0 Å². The van der Waals surface area contributed by atoms with E-state index in [4.69, 9.17) is 22.3 Å². The third-order valence-electron chi connectivity index (χ3n) is 3.07. The van der Waals surface area contributed by atoms with Crippen molar-refractivity contribution in [1.82, 2.24) is 15.8 Å². The number of imide groups is 1. The molecule has 0 bridgehead atoms. The number of amides is 4. The van der Waals surface area contributed by atoms with Gasteiger partial charge in [0, 0.05) is 7.05 Å². The quantitative estimate of drug-likeness (QED) is 0.184. The number of carbonyl (C=O) groups excluding carboxylic acids is 3. The van der Waals surface area contributed by atoms with E-state index < -0.39 is 36.3 Å². The summed E-state index contributed by atoms with van der Waals surface area (Å²) in [7, 11) is 1.17. The first-order valence-corrected chi connectivity index (χ1v) is 7.16. The van der Waals surface area contributed by atoms with E-state index >= 15 is 0 Å². The van der Waals surface area contributed by atoms with Crippen LogP contribution < -0.4 is 28.1 Å². The normalized spacial score (nSPS) is 11.1. The molecule has 0 fully saturated rings. The molecule has 0 spiro atoms. The zero-order chi connectivity index (χ0) is 19.9. The van der Waals surface area contributed by atoms with Crippen LogP contribution in [0.25, 0.3) is 0 Å². The smallest absolute Gasteiger partial charge is 0.338 e. The van der Waals surface area contributed by atoms with Crippen LogP contribution in [0.3, 0.4) is 0 Å². The standard InChI is InChI=1S/C14H19N7O5/c1-21(14(26)20-19-9(11(15)24)6-10(22)23)12(25)7-4-2-3-5-8(7)18-13(16)17/h2-5,9,19H,6H2,1H3,(H2,15,24)(H,20,26)(H,22,23)(H4,16,17,18)/t9-/m0/s1. The number of carboxylic acid groups (broad SMARTS) is 1. The molecule has 0 aliphatic rings. The van der Waals surface area contributed by atoms with E-state index in [0.29, 0.717) is 4.90 Å². The lowest BCUT2D eigenvalue weighted by molar-refractivity contribution is -0.139. The molecule has 1 rings (SSSR count). The molecule has 140 valence electrons. The van der Waals surface area contributed by atoms with Crippen molar-refractivity contribution in [2.75, 3.05) is 7.05 Å². The molecule has 0 saturated heterocycles. The van der Waals surface area contributed by atoms with Crippen molar-refractivity contribution in [3.8, 4) is 0 Å². The Hall–Kier alpha value is -3.67. The number of rotatable bonds is 7. The number of carboxylic acids is 1. The van der Waals surface area contributed by atoms with Crippen LogP contribution in [0.2, 0.25) is 0 Å². The second-order valence-electron chi connectivity index (χ2n) is 5.05.